The first-order chi connectivity index (χ1) is 9.20. The van der Waals surface area contributed by atoms with Crippen molar-refractivity contribution in [1.29, 1.82) is 0 Å². The Kier molecular flexibility index (Phi) is 5.49. The molecule has 0 aromatic heterocycles. The largest absolute Gasteiger partial charge is 0.369 e. The molecule has 0 spiro atoms. The Morgan fingerprint density at radius 1 is 1.16 bits per heavy atom. The third-order valence-corrected chi connectivity index (χ3v) is 4.19. The average Bonchev–Trinajstić information content (AvgIpc) is 2.46. The van der Waals surface area contributed by atoms with Crippen LogP contribution in [0.25, 0.3) is 0 Å². The molecule has 1 unspecified atom stereocenters. The Labute approximate surface area is 121 Å². The van der Waals surface area contributed by atoms with E-state index in [2.05, 4.69) is 34.2 Å². The summed E-state index contributed by atoms with van der Waals surface area (Å²) >= 11 is 5.93. The summed E-state index contributed by atoms with van der Waals surface area (Å²) in [5.74, 6) is 0. The van der Waals surface area contributed by atoms with Crippen molar-refractivity contribution < 1.29 is 0 Å². The van der Waals surface area contributed by atoms with Crippen LogP contribution < -0.4 is 10.2 Å². The molecule has 0 saturated carbocycles. The molecule has 1 heterocycles. The second kappa shape index (κ2) is 7.13. The number of piperazine rings is 1. The molecule has 0 aliphatic carbocycles. The molecule has 1 saturated heterocycles. The number of nitrogens with one attached hydrogen (secondary N) is 1. The maximum atomic E-state index is 5.93. The van der Waals surface area contributed by atoms with Gasteiger partial charge in [-0.1, -0.05) is 11.6 Å². The number of benzene rings is 1. The molecule has 1 aromatic carbocycles. The second-order valence-corrected chi connectivity index (χ2v) is 5.68. The van der Waals surface area contributed by atoms with Crippen molar-refractivity contribution in [2.45, 2.75) is 19.4 Å². The zero-order valence-electron chi connectivity index (χ0n) is 11.9. The second-order valence-electron chi connectivity index (χ2n) is 5.24. The zero-order chi connectivity index (χ0) is 13.7. The van der Waals surface area contributed by atoms with Crippen molar-refractivity contribution >= 4 is 17.3 Å². The number of hydrogen-bond acceptors (Lipinski definition) is 3. The Bertz CT molecular complexity index is 371. The summed E-state index contributed by atoms with van der Waals surface area (Å²) in [6.07, 6.45) is 1.22. The topological polar surface area (TPSA) is 18.5 Å². The van der Waals surface area contributed by atoms with Gasteiger partial charge in [0.15, 0.2) is 0 Å². The van der Waals surface area contributed by atoms with E-state index in [1.807, 2.05) is 19.2 Å². The van der Waals surface area contributed by atoms with Crippen molar-refractivity contribution in [2.75, 3.05) is 44.7 Å². The van der Waals surface area contributed by atoms with Crippen molar-refractivity contribution in [2.24, 2.45) is 0 Å². The predicted octanol–water partition coefficient (Wildman–Crippen LogP) is 2.46. The van der Waals surface area contributed by atoms with Crippen LogP contribution in [0, 0.1) is 0 Å². The normalized spacial score (nSPS) is 18.6. The SMILES string of the molecule is CNCCC(C)N1CCN(c2ccc(Cl)cc2)CC1. The third kappa shape index (κ3) is 4.10. The molecule has 1 atom stereocenters. The molecule has 1 fully saturated rings. The van der Waals surface area contributed by atoms with Crippen molar-refractivity contribution in [1.82, 2.24) is 10.2 Å². The molecule has 0 amide bonds. The molecular weight excluding hydrogens is 258 g/mol. The van der Waals surface area contributed by atoms with Gasteiger partial charge in [0.05, 0.1) is 0 Å². The van der Waals surface area contributed by atoms with Crippen LogP contribution in [0.5, 0.6) is 0 Å². The first kappa shape index (κ1) is 14.6. The molecule has 19 heavy (non-hydrogen) atoms. The number of hydrogen-bond donors (Lipinski definition) is 1. The highest BCUT2D eigenvalue weighted by Crippen LogP contribution is 2.20. The van der Waals surface area contributed by atoms with Crippen LogP contribution in [0.4, 0.5) is 5.69 Å². The fraction of sp³-hybridized carbons (Fsp3) is 0.600. The highest BCUT2D eigenvalue weighted by Gasteiger charge is 2.20. The van der Waals surface area contributed by atoms with E-state index >= 15 is 0 Å². The summed E-state index contributed by atoms with van der Waals surface area (Å²) in [7, 11) is 2.02. The molecule has 4 heteroatoms. The van der Waals surface area contributed by atoms with Gasteiger partial charge in [-0.05, 0) is 51.2 Å². The highest BCUT2D eigenvalue weighted by molar-refractivity contribution is 6.30. The Morgan fingerprint density at radius 3 is 2.37 bits per heavy atom. The highest BCUT2D eigenvalue weighted by atomic mass is 35.5. The minimum absolute atomic E-state index is 0.666. The van der Waals surface area contributed by atoms with Gasteiger partial charge in [0.25, 0.3) is 0 Å². The van der Waals surface area contributed by atoms with Gasteiger partial charge < -0.3 is 10.2 Å². The molecular formula is C15H24ClN3. The van der Waals surface area contributed by atoms with Crippen LogP contribution in [0.1, 0.15) is 13.3 Å². The van der Waals surface area contributed by atoms with Crippen LogP contribution in [-0.2, 0) is 0 Å². The number of rotatable bonds is 5. The lowest BCUT2D eigenvalue weighted by molar-refractivity contribution is 0.188. The van der Waals surface area contributed by atoms with Crippen LogP contribution >= 0.6 is 11.6 Å². The maximum Gasteiger partial charge on any atom is 0.0407 e. The van der Waals surface area contributed by atoms with Gasteiger partial charge in [-0.2, -0.15) is 0 Å². The Balaban J connectivity index is 1.83. The lowest BCUT2D eigenvalue weighted by atomic mass is 10.1. The monoisotopic (exact) mass is 281 g/mol. The molecule has 106 valence electrons. The van der Waals surface area contributed by atoms with E-state index in [1.165, 1.54) is 12.1 Å². The smallest absolute Gasteiger partial charge is 0.0407 e. The van der Waals surface area contributed by atoms with Gasteiger partial charge in [-0.15, -0.1) is 0 Å². The number of nitrogens with zero attached hydrogens (tertiary/aromatic N) is 2. The van der Waals surface area contributed by atoms with Gasteiger partial charge in [0.2, 0.25) is 0 Å². The summed E-state index contributed by atoms with van der Waals surface area (Å²) in [6, 6.07) is 8.84. The molecule has 3 nitrogen and oxygen atoms in total. The van der Waals surface area contributed by atoms with Crippen LogP contribution in [-0.4, -0.2) is 50.7 Å². The van der Waals surface area contributed by atoms with E-state index in [0.717, 1.165) is 37.7 Å². The quantitative estimate of drug-likeness (QED) is 0.894. The molecule has 0 radical (unpaired) electrons. The van der Waals surface area contributed by atoms with Crippen LogP contribution in [0.2, 0.25) is 5.02 Å². The van der Waals surface area contributed by atoms with Crippen LogP contribution in [0.3, 0.4) is 0 Å². The molecule has 1 N–H and O–H groups in total. The Morgan fingerprint density at radius 2 is 1.79 bits per heavy atom. The first-order valence-electron chi connectivity index (χ1n) is 7.10. The average molecular weight is 282 g/mol. The van der Waals surface area contributed by atoms with Gasteiger partial charge in [0, 0.05) is 42.9 Å². The van der Waals surface area contributed by atoms with E-state index < -0.39 is 0 Å². The summed E-state index contributed by atoms with van der Waals surface area (Å²) in [4.78, 5) is 5.03. The molecule has 1 aromatic rings. The number of halogens is 1. The molecule has 0 bridgehead atoms. The summed E-state index contributed by atoms with van der Waals surface area (Å²) in [6.45, 7) is 7.92. The van der Waals surface area contributed by atoms with Gasteiger partial charge in [-0.3, -0.25) is 4.90 Å². The fourth-order valence-corrected chi connectivity index (χ4v) is 2.73. The van der Waals surface area contributed by atoms with E-state index in [0.29, 0.717) is 6.04 Å². The number of anilines is 1. The zero-order valence-corrected chi connectivity index (χ0v) is 12.7. The molecule has 1 aliphatic rings. The summed E-state index contributed by atoms with van der Waals surface area (Å²) in [5, 5.41) is 4.04. The summed E-state index contributed by atoms with van der Waals surface area (Å²) in [5.41, 5.74) is 1.28. The molecule has 1 aliphatic heterocycles. The van der Waals surface area contributed by atoms with Gasteiger partial charge >= 0.3 is 0 Å². The van der Waals surface area contributed by atoms with Gasteiger partial charge in [-0.25, -0.2) is 0 Å². The lowest BCUT2D eigenvalue weighted by Gasteiger charge is -2.39. The first-order valence-corrected chi connectivity index (χ1v) is 7.47. The third-order valence-electron chi connectivity index (χ3n) is 3.94. The lowest BCUT2D eigenvalue weighted by Crippen LogP contribution is -2.50. The summed E-state index contributed by atoms with van der Waals surface area (Å²) < 4.78 is 0. The molecule has 2 rings (SSSR count). The van der Waals surface area contributed by atoms with Crippen molar-refractivity contribution in [3.63, 3.8) is 0 Å². The van der Waals surface area contributed by atoms with Crippen LogP contribution in [0.15, 0.2) is 24.3 Å². The fourth-order valence-electron chi connectivity index (χ4n) is 2.61. The van der Waals surface area contributed by atoms with E-state index in [1.54, 1.807) is 0 Å². The van der Waals surface area contributed by atoms with E-state index in [4.69, 9.17) is 11.6 Å². The predicted molar refractivity (Wildman–Crippen MR) is 83.2 cm³/mol. The van der Waals surface area contributed by atoms with Crippen molar-refractivity contribution in [3.8, 4) is 0 Å². The van der Waals surface area contributed by atoms with Crippen molar-refractivity contribution in [3.05, 3.63) is 29.3 Å². The van der Waals surface area contributed by atoms with Gasteiger partial charge in [0.1, 0.15) is 0 Å². The minimum Gasteiger partial charge on any atom is -0.369 e. The van der Waals surface area contributed by atoms with E-state index in [9.17, 15) is 0 Å². The standard InChI is InChI=1S/C15H24ClN3/c1-13(7-8-17-2)18-9-11-19(12-10-18)15-5-3-14(16)4-6-15/h3-6,13,17H,7-12H2,1-2H3. The minimum atomic E-state index is 0.666. The van der Waals surface area contributed by atoms with E-state index in [-0.39, 0.29) is 0 Å². The maximum absolute atomic E-state index is 5.93. The Hall–Kier alpha value is -0.770.